The second-order valence-electron chi connectivity index (χ2n) is 4.58. The molecule has 0 spiro atoms. The van der Waals surface area contributed by atoms with E-state index in [0.29, 0.717) is 17.7 Å². The van der Waals surface area contributed by atoms with Crippen molar-refractivity contribution in [2.75, 3.05) is 5.32 Å². The average Bonchev–Trinajstić information content (AvgIpc) is 2.67. The highest BCUT2D eigenvalue weighted by Crippen LogP contribution is 2.21. The summed E-state index contributed by atoms with van der Waals surface area (Å²) in [6, 6.07) is 9.41. The van der Waals surface area contributed by atoms with Gasteiger partial charge in [-0.05, 0) is 25.0 Å². The van der Waals surface area contributed by atoms with Crippen LogP contribution in [0.4, 0.5) is 5.69 Å². The Balaban J connectivity index is 2.16. The molecule has 4 heteroatoms. The minimum Gasteiger partial charge on any atom is -0.351 e. The van der Waals surface area contributed by atoms with Gasteiger partial charge >= 0.3 is 0 Å². The first-order valence-corrected chi connectivity index (χ1v) is 6.63. The van der Waals surface area contributed by atoms with E-state index in [1.165, 1.54) is 0 Å². The monoisotopic (exact) mass is 258 g/mol. The van der Waals surface area contributed by atoms with Crippen molar-refractivity contribution in [3.8, 4) is 0 Å². The minimum atomic E-state index is -0.333. The van der Waals surface area contributed by atoms with Crippen LogP contribution in [0.1, 0.15) is 32.6 Å². The van der Waals surface area contributed by atoms with Gasteiger partial charge in [0, 0.05) is 11.3 Å². The number of anilines is 1. The zero-order valence-corrected chi connectivity index (χ0v) is 11.0. The SMILES string of the molecule is CCCCCC1=C(Nc2ccccc2)C(=O)NC1=O. The molecular weight excluding hydrogens is 240 g/mol. The number of amides is 2. The smallest absolute Gasteiger partial charge is 0.275 e. The van der Waals surface area contributed by atoms with Crippen molar-refractivity contribution < 1.29 is 9.59 Å². The predicted octanol–water partition coefficient (Wildman–Crippen LogP) is 2.59. The molecule has 0 atom stereocenters. The molecule has 2 rings (SSSR count). The number of unbranched alkanes of at least 4 members (excludes halogenated alkanes) is 2. The Labute approximate surface area is 112 Å². The van der Waals surface area contributed by atoms with Gasteiger partial charge in [-0.25, -0.2) is 0 Å². The van der Waals surface area contributed by atoms with E-state index in [0.717, 1.165) is 24.9 Å². The van der Waals surface area contributed by atoms with E-state index in [1.54, 1.807) is 0 Å². The Morgan fingerprint density at radius 3 is 2.47 bits per heavy atom. The molecule has 0 radical (unpaired) electrons. The lowest BCUT2D eigenvalue weighted by Gasteiger charge is -2.07. The van der Waals surface area contributed by atoms with Crippen molar-refractivity contribution in [3.63, 3.8) is 0 Å². The lowest BCUT2D eigenvalue weighted by molar-refractivity contribution is -0.124. The summed E-state index contributed by atoms with van der Waals surface area (Å²) in [4.78, 5) is 23.5. The number of carbonyl (C=O) groups is 2. The lowest BCUT2D eigenvalue weighted by Crippen LogP contribution is -2.24. The third-order valence-corrected chi connectivity index (χ3v) is 3.10. The van der Waals surface area contributed by atoms with Crippen LogP contribution in [0.15, 0.2) is 41.6 Å². The standard InChI is InChI=1S/C15H18N2O2/c1-2-3-5-10-12-13(15(19)17-14(12)18)16-11-8-6-4-7-9-11/h4,6-9H,2-3,5,10H2,1H3,(H2,16,17,18,19). The molecule has 2 amide bonds. The number of para-hydroxylation sites is 1. The Kier molecular flexibility index (Phi) is 4.34. The van der Waals surface area contributed by atoms with Crippen LogP contribution in [-0.2, 0) is 9.59 Å². The van der Waals surface area contributed by atoms with E-state index < -0.39 is 0 Å². The molecule has 1 aromatic carbocycles. The summed E-state index contributed by atoms with van der Waals surface area (Å²) < 4.78 is 0. The molecular formula is C15H18N2O2. The third-order valence-electron chi connectivity index (χ3n) is 3.10. The number of carbonyl (C=O) groups excluding carboxylic acids is 2. The number of hydrogen-bond acceptors (Lipinski definition) is 3. The highest BCUT2D eigenvalue weighted by atomic mass is 16.2. The number of hydrogen-bond donors (Lipinski definition) is 2. The zero-order chi connectivity index (χ0) is 13.7. The topological polar surface area (TPSA) is 58.2 Å². The van der Waals surface area contributed by atoms with Crippen molar-refractivity contribution in [1.82, 2.24) is 5.32 Å². The number of nitrogens with one attached hydrogen (secondary N) is 2. The molecule has 19 heavy (non-hydrogen) atoms. The Hall–Kier alpha value is -2.10. The van der Waals surface area contributed by atoms with Crippen molar-refractivity contribution in [2.24, 2.45) is 0 Å². The van der Waals surface area contributed by atoms with Crippen LogP contribution in [0.2, 0.25) is 0 Å². The van der Waals surface area contributed by atoms with Gasteiger partial charge in [0.2, 0.25) is 0 Å². The summed E-state index contributed by atoms with van der Waals surface area (Å²) in [6.45, 7) is 2.11. The second-order valence-corrected chi connectivity index (χ2v) is 4.58. The highest BCUT2D eigenvalue weighted by Gasteiger charge is 2.29. The molecule has 0 fully saturated rings. The Morgan fingerprint density at radius 2 is 1.79 bits per heavy atom. The quantitative estimate of drug-likeness (QED) is 0.609. The molecule has 1 aliphatic rings. The molecule has 0 aliphatic carbocycles. The molecule has 1 aliphatic heterocycles. The van der Waals surface area contributed by atoms with Gasteiger partial charge in [-0.2, -0.15) is 0 Å². The van der Waals surface area contributed by atoms with Gasteiger partial charge in [0.05, 0.1) is 0 Å². The van der Waals surface area contributed by atoms with Crippen molar-refractivity contribution in [2.45, 2.75) is 32.6 Å². The normalized spacial score (nSPS) is 14.8. The maximum atomic E-state index is 11.8. The molecule has 2 N–H and O–H groups in total. The van der Waals surface area contributed by atoms with E-state index in [9.17, 15) is 9.59 Å². The highest BCUT2D eigenvalue weighted by molar-refractivity contribution is 6.20. The summed E-state index contributed by atoms with van der Waals surface area (Å²) in [7, 11) is 0. The van der Waals surface area contributed by atoms with Crippen LogP contribution >= 0.6 is 0 Å². The van der Waals surface area contributed by atoms with Crippen molar-refractivity contribution in [3.05, 3.63) is 41.6 Å². The number of imide groups is 1. The average molecular weight is 258 g/mol. The molecule has 0 aromatic heterocycles. The maximum absolute atomic E-state index is 11.8. The summed E-state index contributed by atoms with van der Waals surface area (Å²) in [5.41, 5.74) is 1.78. The molecule has 4 nitrogen and oxygen atoms in total. The predicted molar refractivity (Wildman–Crippen MR) is 74.4 cm³/mol. The molecule has 1 aromatic rings. The fourth-order valence-electron chi connectivity index (χ4n) is 2.08. The van der Waals surface area contributed by atoms with E-state index in [-0.39, 0.29) is 11.8 Å². The third kappa shape index (κ3) is 3.22. The summed E-state index contributed by atoms with van der Waals surface area (Å²) in [6.07, 6.45) is 3.71. The lowest BCUT2D eigenvalue weighted by atomic mass is 10.1. The van der Waals surface area contributed by atoms with E-state index >= 15 is 0 Å². The minimum absolute atomic E-state index is 0.264. The molecule has 0 saturated carbocycles. The van der Waals surface area contributed by atoms with Crippen LogP contribution in [-0.4, -0.2) is 11.8 Å². The van der Waals surface area contributed by atoms with Crippen LogP contribution in [0, 0.1) is 0 Å². The first-order chi connectivity index (χ1) is 9.22. The zero-order valence-electron chi connectivity index (χ0n) is 11.0. The number of benzene rings is 1. The van der Waals surface area contributed by atoms with Crippen LogP contribution in [0.3, 0.4) is 0 Å². The van der Waals surface area contributed by atoms with E-state index in [1.807, 2.05) is 30.3 Å². The van der Waals surface area contributed by atoms with Gasteiger partial charge in [0.1, 0.15) is 5.70 Å². The largest absolute Gasteiger partial charge is 0.351 e. The molecule has 100 valence electrons. The second kappa shape index (κ2) is 6.18. The van der Waals surface area contributed by atoms with Gasteiger partial charge in [0.15, 0.2) is 0 Å². The summed E-state index contributed by atoms with van der Waals surface area (Å²) in [5, 5.41) is 5.39. The Morgan fingerprint density at radius 1 is 1.05 bits per heavy atom. The first-order valence-electron chi connectivity index (χ1n) is 6.63. The van der Waals surface area contributed by atoms with Crippen LogP contribution in [0.5, 0.6) is 0 Å². The van der Waals surface area contributed by atoms with Crippen molar-refractivity contribution >= 4 is 17.5 Å². The molecule has 1 heterocycles. The Bertz CT molecular complexity index is 506. The van der Waals surface area contributed by atoms with Crippen LogP contribution in [0.25, 0.3) is 0 Å². The maximum Gasteiger partial charge on any atom is 0.275 e. The van der Waals surface area contributed by atoms with E-state index in [2.05, 4.69) is 17.6 Å². The fraction of sp³-hybridized carbons (Fsp3) is 0.333. The molecule has 0 bridgehead atoms. The molecule has 0 unspecified atom stereocenters. The summed E-state index contributed by atoms with van der Waals surface area (Å²) >= 11 is 0. The number of rotatable bonds is 6. The summed E-state index contributed by atoms with van der Waals surface area (Å²) in [5.74, 6) is -0.597. The van der Waals surface area contributed by atoms with Gasteiger partial charge in [0.25, 0.3) is 11.8 Å². The van der Waals surface area contributed by atoms with Crippen LogP contribution < -0.4 is 10.6 Å². The van der Waals surface area contributed by atoms with Gasteiger partial charge in [-0.3, -0.25) is 14.9 Å². The van der Waals surface area contributed by atoms with Crippen molar-refractivity contribution in [1.29, 1.82) is 0 Å². The van der Waals surface area contributed by atoms with E-state index in [4.69, 9.17) is 0 Å². The van der Waals surface area contributed by atoms with Gasteiger partial charge in [-0.1, -0.05) is 38.0 Å². The van der Waals surface area contributed by atoms with Gasteiger partial charge < -0.3 is 5.32 Å². The first kappa shape index (κ1) is 13.3. The molecule has 0 saturated heterocycles. The fourth-order valence-corrected chi connectivity index (χ4v) is 2.08. The van der Waals surface area contributed by atoms with Gasteiger partial charge in [-0.15, -0.1) is 0 Å².